The summed E-state index contributed by atoms with van der Waals surface area (Å²) in [6.45, 7) is 3.70. The molecule has 0 aromatic heterocycles. The molecule has 1 amide bonds. The number of halogens is 1. The van der Waals surface area contributed by atoms with Crippen molar-refractivity contribution < 1.29 is 23.7 Å². The van der Waals surface area contributed by atoms with Crippen LogP contribution in [-0.4, -0.2) is 32.8 Å². The van der Waals surface area contributed by atoms with Crippen molar-refractivity contribution in [2.24, 2.45) is 0 Å². The van der Waals surface area contributed by atoms with E-state index in [0.29, 0.717) is 59.1 Å². The number of benzene rings is 2. The number of ether oxygens (including phenoxy) is 4. The third-order valence-electron chi connectivity index (χ3n) is 3.95. The average molecular weight is 392 g/mol. The Balaban J connectivity index is 1.80. The SMILES string of the molecule is CCCOc1c(Cl)cc(C(=O)Nc2ccc3c(c2)OCCCO3)cc1OC. The van der Waals surface area contributed by atoms with Gasteiger partial charge in [-0.3, -0.25) is 4.79 Å². The quantitative estimate of drug-likeness (QED) is 0.782. The van der Waals surface area contributed by atoms with Crippen molar-refractivity contribution in [3.63, 3.8) is 0 Å². The van der Waals surface area contributed by atoms with E-state index in [9.17, 15) is 4.79 Å². The Kier molecular flexibility index (Phi) is 6.29. The van der Waals surface area contributed by atoms with E-state index in [1.54, 1.807) is 30.3 Å². The van der Waals surface area contributed by atoms with Gasteiger partial charge in [0.05, 0.1) is 32.0 Å². The van der Waals surface area contributed by atoms with E-state index in [4.69, 9.17) is 30.5 Å². The van der Waals surface area contributed by atoms with Crippen LogP contribution in [0, 0.1) is 0 Å². The number of amides is 1. The zero-order valence-electron chi connectivity index (χ0n) is 15.3. The third-order valence-corrected chi connectivity index (χ3v) is 4.23. The van der Waals surface area contributed by atoms with Gasteiger partial charge in [0.15, 0.2) is 23.0 Å². The second kappa shape index (κ2) is 8.86. The number of methoxy groups -OCH3 is 1. The first-order chi connectivity index (χ1) is 13.1. The summed E-state index contributed by atoms with van der Waals surface area (Å²) in [5, 5.41) is 3.17. The van der Waals surface area contributed by atoms with E-state index in [-0.39, 0.29) is 5.91 Å². The number of hydrogen-bond acceptors (Lipinski definition) is 5. The summed E-state index contributed by atoms with van der Waals surface area (Å²) in [6.07, 6.45) is 1.66. The normalized spacial score (nSPS) is 12.9. The highest BCUT2D eigenvalue weighted by Gasteiger charge is 2.17. The minimum absolute atomic E-state index is 0.313. The third kappa shape index (κ3) is 4.57. The molecule has 2 aromatic rings. The Bertz CT molecular complexity index is 824. The molecule has 0 bridgehead atoms. The zero-order valence-corrected chi connectivity index (χ0v) is 16.1. The molecule has 1 heterocycles. The van der Waals surface area contributed by atoms with Crippen molar-refractivity contribution in [3.05, 3.63) is 40.9 Å². The number of hydrogen-bond donors (Lipinski definition) is 1. The Morgan fingerprint density at radius 2 is 1.96 bits per heavy atom. The fourth-order valence-electron chi connectivity index (χ4n) is 2.64. The monoisotopic (exact) mass is 391 g/mol. The first kappa shape index (κ1) is 19.2. The van der Waals surface area contributed by atoms with Crippen LogP contribution in [0.25, 0.3) is 0 Å². The van der Waals surface area contributed by atoms with E-state index in [0.717, 1.165) is 12.8 Å². The van der Waals surface area contributed by atoms with Crippen LogP contribution < -0.4 is 24.3 Å². The van der Waals surface area contributed by atoms with Crippen molar-refractivity contribution in [2.45, 2.75) is 19.8 Å². The smallest absolute Gasteiger partial charge is 0.255 e. The van der Waals surface area contributed by atoms with Gasteiger partial charge in [0.1, 0.15) is 0 Å². The van der Waals surface area contributed by atoms with Crippen LogP contribution in [-0.2, 0) is 0 Å². The molecule has 0 radical (unpaired) electrons. The molecule has 1 aliphatic heterocycles. The topological polar surface area (TPSA) is 66.0 Å². The lowest BCUT2D eigenvalue weighted by Gasteiger charge is -2.14. The largest absolute Gasteiger partial charge is 0.493 e. The van der Waals surface area contributed by atoms with Crippen LogP contribution in [0.3, 0.4) is 0 Å². The highest BCUT2D eigenvalue weighted by molar-refractivity contribution is 6.32. The van der Waals surface area contributed by atoms with Crippen LogP contribution in [0.15, 0.2) is 30.3 Å². The lowest BCUT2D eigenvalue weighted by molar-refractivity contribution is 0.102. The molecule has 0 saturated heterocycles. The molecule has 3 rings (SSSR count). The van der Waals surface area contributed by atoms with Crippen LogP contribution >= 0.6 is 11.6 Å². The van der Waals surface area contributed by atoms with Gasteiger partial charge in [-0.2, -0.15) is 0 Å². The van der Waals surface area contributed by atoms with Crippen LogP contribution in [0.4, 0.5) is 5.69 Å². The number of carbonyl (C=O) groups is 1. The molecule has 0 saturated carbocycles. The Labute approximate surface area is 163 Å². The van der Waals surface area contributed by atoms with Crippen LogP contribution in [0.2, 0.25) is 5.02 Å². The number of rotatable bonds is 6. The predicted octanol–water partition coefficient (Wildman–Crippen LogP) is 4.55. The molecule has 27 heavy (non-hydrogen) atoms. The van der Waals surface area contributed by atoms with Gasteiger partial charge in [-0.05, 0) is 30.7 Å². The molecule has 0 atom stereocenters. The molecule has 7 heteroatoms. The van der Waals surface area contributed by atoms with Gasteiger partial charge < -0.3 is 24.3 Å². The highest BCUT2D eigenvalue weighted by Crippen LogP contribution is 2.37. The van der Waals surface area contributed by atoms with Gasteiger partial charge in [0.25, 0.3) is 5.91 Å². The molecule has 144 valence electrons. The molecule has 1 N–H and O–H groups in total. The summed E-state index contributed by atoms with van der Waals surface area (Å²) in [5.74, 6) is 1.83. The molecular formula is C20H22ClNO5. The molecule has 6 nitrogen and oxygen atoms in total. The molecule has 2 aromatic carbocycles. The van der Waals surface area contributed by atoms with Gasteiger partial charge in [0, 0.05) is 23.7 Å². The minimum Gasteiger partial charge on any atom is -0.493 e. The number of anilines is 1. The van der Waals surface area contributed by atoms with E-state index in [2.05, 4.69) is 5.32 Å². The predicted molar refractivity (Wildman–Crippen MR) is 104 cm³/mol. The maximum atomic E-state index is 12.7. The lowest BCUT2D eigenvalue weighted by Crippen LogP contribution is -2.12. The second-order valence-corrected chi connectivity index (χ2v) is 6.41. The number of carbonyl (C=O) groups excluding carboxylic acids is 1. The second-order valence-electron chi connectivity index (χ2n) is 6.00. The van der Waals surface area contributed by atoms with Gasteiger partial charge in [-0.15, -0.1) is 0 Å². The summed E-state index contributed by atoms with van der Waals surface area (Å²) in [4.78, 5) is 12.7. The Morgan fingerprint density at radius 3 is 2.70 bits per heavy atom. The van der Waals surface area contributed by atoms with Crippen molar-refractivity contribution in [1.29, 1.82) is 0 Å². The molecule has 1 aliphatic rings. The van der Waals surface area contributed by atoms with E-state index < -0.39 is 0 Å². The van der Waals surface area contributed by atoms with Crippen LogP contribution in [0.1, 0.15) is 30.1 Å². The van der Waals surface area contributed by atoms with Crippen LogP contribution in [0.5, 0.6) is 23.0 Å². The average Bonchev–Trinajstić information content (AvgIpc) is 2.91. The summed E-state index contributed by atoms with van der Waals surface area (Å²) >= 11 is 6.29. The summed E-state index contributed by atoms with van der Waals surface area (Å²) in [5.41, 5.74) is 0.971. The zero-order chi connectivity index (χ0) is 19.2. The van der Waals surface area contributed by atoms with E-state index in [1.807, 2.05) is 6.92 Å². The minimum atomic E-state index is -0.313. The van der Waals surface area contributed by atoms with Gasteiger partial charge in [-0.1, -0.05) is 18.5 Å². The molecule has 0 fully saturated rings. The first-order valence-corrected chi connectivity index (χ1v) is 9.21. The maximum absolute atomic E-state index is 12.7. The summed E-state index contributed by atoms with van der Waals surface area (Å²) in [6, 6.07) is 8.47. The molecule has 0 spiro atoms. The first-order valence-electron chi connectivity index (χ1n) is 8.83. The molecular weight excluding hydrogens is 370 g/mol. The summed E-state index contributed by atoms with van der Waals surface area (Å²) in [7, 11) is 1.51. The van der Waals surface area contributed by atoms with Crippen molar-refractivity contribution >= 4 is 23.2 Å². The van der Waals surface area contributed by atoms with Crippen molar-refractivity contribution in [1.82, 2.24) is 0 Å². The fourth-order valence-corrected chi connectivity index (χ4v) is 2.90. The van der Waals surface area contributed by atoms with Gasteiger partial charge in [-0.25, -0.2) is 0 Å². The number of nitrogens with one attached hydrogen (secondary N) is 1. The Hall–Kier alpha value is -2.60. The standard InChI is InChI=1S/C20H22ClNO5/c1-3-7-27-19-15(21)10-13(11-18(19)24-2)20(23)22-14-5-6-16-17(12-14)26-9-4-8-25-16/h5-6,10-12H,3-4,7-9H2,1-2H3,(H,22,23). The maximum Gasteiger partial charge on any atom is 0.255 e. The molecule has 0 unspecified atom stereocenters. The highest BCUT2D eigenvalue weighted by atomic mass is 35.5. The van der Waals surface area contributed by atoms with E-state index >= 15 is 0 Å². The lowest BCUT2D eigenvalue weighted by atomic mass is 10.1. The fraction of sp³-hybridized carbons (Fsp3) is 0.350. The number of fused-ring (bicyclic) bond motifs is 1. The summed E-state index contributed by atoms with van der Waals surface area (Å²) < 4.78 is 22.2. The Morgan fingerprint density at radius 1 is 1.19 bits per heavy atom. The van der Waals surface area contributed by atoms with Crippen molar-refractivity contribution in [3.8, 4) is 23.0 Å². The van der Waals surface area contributed by atoms with Gasteiger partial charge >= 0.3 is 0 Å². The molecule has 0 aliphatic carbocycles. The van der Waals surface area contributed by atoms with E-state index in [1.165, 1.54) is 7.11 Å². The van der Waals surface area contributed by atoms with Crippen molar-refractivity contribution in [2.75, 3.05) is 32.2 Å². The van der Waals surface area contributed by atoms with Gasteiger partial charge in [0.2, 0.25) is 0 Å².